The molecule has 0 aliphatic carbocycles. The second kappa shape index (κ2) is 8.27. The van der Waals surface area contributed by atoms with Gasteiger partial charge in [-0.05, 0) is 45.8 Å². The summed E-state index contributed by atoms with van der Waals surface area (Å²) in [6, 6.07) is 6.24. The molecule has 1 unspecified atom stereocenters. The van der Waals surface area contributed by atoms with Crippen molar-refractivity contribution in [3.8, 4) is 0 Å². The van der Waals surface area contributed by atoms with Crippen molar-refractivity contribution < 1.29 is 4.39 Å². The first-order chi connectivity index (χ1) is 9.64. The van der Waals surface area contributed by atoms with Gasteiger partial charge in [0.25, 0.3) is 0 Å². The zero-order valence-corrected chi connectivity index (χ0v) is 12.2. The Morgan fingerprint density at radius 2 is 2.10 bits per heavy atom. The molecule has 0 saturated carbocycles. The van der Waals surface area contributed by atoms with E-state index in [0.29, 0.717) is 11.6 Å². The number of nitrogens with zero attached hydrogens (tertiary/aromatic N) is 3. The van der Waals surface area contributed by atoms with Crippen LogP contribution in [0.25, 0.3) is 0 Å². The SMILES string of the molecule is C=N/C(=N\C(NC)Nc1cccc(F)c1)N(CC)CC. The van der Waals surface area contributed by atoms with E-state index < -0.39 is 6.29 Å². The monoisotopic (exact) mass is 279 g/mol. The zero-order chi connectivity index (χ0) is 15.0. The molecule has 0 bridgehead atoms. The summed E-state index contributed by atoms with van der Waals surface area (Å²) in [5.74, 6) is 0.262. The Balaban J connectivity index is 2.86. The van der Waals surface area contributed by atoms with Crippen molar-refractivity contribution in [2.45, 2.75) is 20.1 Å². The number of halogens is 1. The van der Waals surface area contributed by atoms with Crippen LogP contribution in [0.4, 0.5) is 10.1 Å². The molecule has 0 fully saturated rings. The molecule has 1 rings (SSSR count). The van der Waals surface area contributed by atoms with Gasteiger partial charge >= 0.3 is 0 Å². The van der Waals surface area contributed by atoms with E-state index in [1.54, 1.807) is 19.2 Å². The molecule has 0 spiro atoms. The molecule has 20 heavy (non-hydrogen) atoms. The minimum atomic E-state index is -0.405. The van der Waals surface area contributed by atoms with Crippen LogP contribution in [0.1, 0.15) is 13.8 Å². The highest BCUT2D eigenvalue weighted by Crippen LogP contribution is 2.10. The van der Waals surface area contributed by atoms with Gasteiger partial charge in [-0.25, -0.2) is 14.4 Å². The number of guanidine groups is 1. The molecule has 5 nitrogen and oxygen atoms in total. The topological polar surface area (TPSA) is 52.0 Å². The van der Waals surface area contributed by atoms with Crippen LogP contribution in [-0.4, -0.2) is 44.0 Å². The smallest absolute Gasteiger partial charge is 0.223 e. The number of hydrogen-bond acceptors (Lipinski definition) is 3. The van der Waals surface area contributed by atoms with E-state index in [1.807, 2.05) is 18.7 Å². The van der Waals surface area contributed by atoms with Gasteiger partial charge in [0.1, 0.15) is 5.82 Å². The predicted octanol–water partition coefficient (Wildman–Crippen LogP) is 2.14. The van der Waals surface area contributed by atoms with Gasteiger partial charge in [-0.3, -0.25) is 5.32 Å². The van der Waals surface area contributed by atoms with Crippen LogP contribution in [0.15, 0.2) is 34.3 Å². The van der Waals surface area contributed by atoms with E-state index in [4.69, 9.17) is 0 Å². The summed E-state index contributed by atoms with van der Waals surface area (Å²) in [5.41, 5.74) is 0.649. The third-order valence-corrected chi connectivity index (χ3v) is 2.83. The van der Waals surface area contributed by atoms with Crippen LogP contribution in [0.3, 0.4) is 0 Å². The number of aliphatic imine (C=N–C) groups is 2. The molecule has 0 amide bonds. The summed E-state index contributed by atoms with van der Waals surface area (Å²) < 4.78 is 13.2. The van der Waals surface area contributed by atoms with E-state index >= 15 is 0 Å². The molecule has 1 aromatic rings. The molecule has 1 aromatic carbocycles. The van der Waals surface area contributed by atoms with Gasteiger partial charge in [0.2, 0.25) is 5.96 Å². The largest absolute Gasteiger partial charge is 0.351 e. The highest BCUT2D eigenvalue weighted by Gasteiger charge is 2.10. The molecule has 0 radical (unpaired) electrons. The van der Waals surface area contributed by atoms with Crippen LogP contribution >= 0.6 is 0 Å². The van der Waals surface area contributed by atoms with Gasteiger partial charge in [0.05, 0.1) is 0 Å². The number of nitrogens with one attached hydrogen (secondary N) is 2. The van der Waals surface area contributed by atoms with Crippen molar-refractivity contribution >= 4 is 18.4 Å². The predicted molar refractivity (Wildman–Crippen MR) is 82.8 cm³/mol. The first-order valence-electron chi connectivity index (χ1n) is 6.63. The molecule has 110 valence electrons. The molecular formula is C14H22FN5. The molecular weight excluding hydrogens is 257 g/mol. The van der Waals surface area contributed by atoms with Crippen LogP contribution in [-0.2, 0) is 0 Å². The second-order valence-corrected chi connectivity index (χ2v) is 4.11. The first-order valence-corrected chi connectivity index (χ1v) is 6.63. The molecule has 0 aliphatic rings. The summed E-state index contributed by atoms with van der Waals surface area (Å²) in [5, 5.41) is 6.09. The average molecular weight is 279 g/mol. The van der Waals surface area contributed by atoms with Gasteiger partial charge in [-0.2, -0.15) is 0 Å². The van der Waals surface area contributed by atoms with Gasteiger partial charge in [-0.15, -0.1) is 0 Å². The molecule has 1 atom stereocenters. The molecule has 0 aromatic heterocycles. The lowest BCUT2D eigenvalue weighted by molar-refractivity contribution is 0.453. The lowest BCUT2D eigenvalue weighted by Gasteiger charge is -2.22. The summed E-state index contributed by atoms with van der Waals surface area (Å²) >= 11 is 0. The van der Waals surface area contributed by atoms with E-state index in [9.17, 15) is 4.39 Å². The van der Waals surface area contributed by atoms with Crippen molar-refractivity contribution in [1.29, 1.82) is 0 Å². The summed E-state index contributed by atoms with van der Waals surface area (Å²) in [6.07, 6.45) is -0.405. The highest BCUT2D eigenvalue weighted by molar-refractivity contribution is 5.84. The quantitative estimate of drug-likeness (QED) is 0.476. The minimum Gasteiger partial charge on any atom is -0.351 e. The van der Waals surface area contributed by atoms with Crippen molar-refractivity contribution in [3.05, 3.63) is 30.1 Å². The van der Waals surface area contributed by atoms with Gasteiger partial charge < -0.3 is 10.2 Å². The van der Waals surface area contributed by atoms with Crippen LogP contribution < -0.4 is 10.6 Å². The fourth-order valence-electron chi connectivity index (χ4n) is 1.75. The standard InChI is InChI=1S/C14H22FN5/c1-5-20(6-2)14(17-4)19-13(16-3)18-12-9-7-8-11(15)10-12/h7-10,13,16,18H,4-6H2,1-3H3/b19-14+. The number of anilines is 1. The first kappa shape index (κ1) is 16.1. The van der Waals surface area contributed by atoms with Crippen molar-refractivity contribution in [1.82, 2.24) is 10.2 Å². The average Bonchev–Trinajstić information content (AvgIpc) is 2.46. The zero-order valence-electron chi connectivity index (χ0n) is 12.2. The van der Waals surface area contributed by atoms with Gasteiger partial charge in [-0.1, -0.05) is 6.07 Å². The maximum atomic E-state index is 13.2. The lowest BCUT2D eigenvalue weighted by Crippen LogP contribution is -2.36. The van der Waals surface area contributed by atoms with Gasteiger partial charge in [0, 0.05) is 18.8 Å². The van der Waals surface area contributed by atoms with E-state index in [1.165, 1.54) is 12.1 Å². The maximum absolute atomic E-state index is 13.2. The molecule has 0 heterocycles. The number of benzene rings is 1. The normalized spacial score (nSPS) is 12.9. The fourth-order valence-corrected chi connectivity index (χ4v) is 1.75. The Bertz CT molecular complexity index is 457. The summed E-state index contributed by atoms with van der Waals surface area (Å²) in [4.78, 5) is 10.4. The summed E-state index contributed by atoms with van der Waals surface area (Å²) in [6.45, 7) is 9.19. The van der Waals surface area contributed by atoms with E-state index in [-0.39, 0.29) is 5.82 Å². The minimum absolute atomic E-state index is 0.292. The number of hydrogen-bond donors (Lipinski definition) is 2. The Morgan fingerprint density at radius 1 is 1.40 bits per heavy atom. The third-order valence-electron chi connectivity index (χ3n) is 2.83. The third kappa shape index (κ3) is 4.62. The van der Waals surface area contributed by atoms with E-state index in [2.05, 4.69) is 27.3 Å². The van der Waals surface area contributed by atoms with Crippen molar-refractivity contribution in [3.63, 3.8) is 0 Å². The van der Waals surface area contributed by atoms with E-state index in [0.717, 1.165) is 13.1 Å². The van der Waals surface area contributed by atoms with Gasteiger partial charge in [0.15, 0.2) is 6.29 Å². The fraction of sp³-hybridized carbons (Fsp3) is 0.429. The molecule has 6 heteroatoms. The Labute approximate surface area is 119 Å². The van der Waals surface area contributed by atoms with Crippen LogP contribution in [0.2, 0.25) is 0 Å². The molecule has 0 aliphatic heterocycles. The number of rotatable bonds is 6. The summed E-state index contributed by atoms with van der Waals surface area (Å²) in [7, 11) is 1.77. The second-order valence-electron chi connectivity index (χ2n) is 4.11. The van der Waals surface area contributed by atoms with Crippen molar-refractivity contribution in [2.75, 3.05) is 25.5 Å². The molecule has 2 N–H and O–H groups in total. The Hall–Kier alpha value is -1.95. The highest BCUT2D eigenvalue weighted by atomic mass is 19.1. The Morgan fingerprint density at radius 3 is 2.60 bits per heavy atom. The molecule has 0 saturated heterocycles. The maximum Gasteiger partial charge on any atom is 0.223 e. The van der Waals surface area contributed by atoms with Crippen LogP contribution in [0.5, 0.6) is 0 Å². The Kier molecular flexibility index (Phi) is 6.66. The van der Waals surface area contributed by atoms with Crippen molar-refractivity contribution in [2.24, 2.45) is 9.98 Å². The lowest BCUT2D eigenvalue weighted by atomic mass is 10.3. The van der Waals surface area contributed by atoms with Crippen LogP contribution in [0, 0.1) is 5.82 Å².